The zero-order valence-electron chi connectivity index (χ0n) is 52.1. The molecular formula is C70H90N10O9S. The molecule has 5 aromatic carbocycles. The molecule has 0 radical (unpaired) electrons. The van der Waals surface area contributed by atoms with E-state index in [1.807, 2.05) is 147 Å². The van der Waals surface area contributed by atoms with Crippen LogP contribution in [0.5, 0.6) is 0 Å². The quantitative estimate of drug-likeness (QED) is 0.0586. The number of primary amides is 1. The van der Waals surface area contributed by atoms with Crippen LogP contribution in [0.1, 0.15) is 103 Å². The molecule has 19 nitrogen and oxygen atoms in total. The Morgan fingerprint density at radius 3 is 1.47 bits per heavy atom. The Kier molecular flexibility index (Phi) is 27.9. The molecule has 4 atom stereocenters. The molecule has 2 heterocycles. The van der Waals surface area contributed by atoms with Crippen molar-refractivity contribution in [2.75, 3.05) is 64.7 Å². The minimum absolute atomic E-state index is 0.0135. The highest BCUT2D eigenvalue weighted by Gasteiger charge is 2.33. The molecule has 2 aliphatic heterocycles. The maximum absolute atomic E-state index is 14.8. The molecule has 1 aliphatic carbocycles. The minimum Gasteiger partial charge on any atom is -0.368 e. The van der Waals surface area contributed by atoms with Gasteiger partial charge in [0.2, 0.25) is 47.3 Å². The van der Waals surface area contributed by atoms with Crippen molar-refractivity contribution in [3.63, 3.8) is 0 Å². The number of benzene rings is 5. The predicted molar refractivity (Wildman–Crippen MR) is 350 cm³/mol. The molecule has 8 rings (SSSR count). The van der Waals surface area contributed by atoms with Crippen LogP contribution in [0, 0.1) is 11.8 Å². The molecule has 1 fully saturated rings. The van der Waals surface area contributed by atoms with Crippen LogP contribution in [0.25, 0.3) is 0 Å². The third-order valence-electron chi connectivity index (χ3n) is 15.9. The summed E-state index contributed by atoms with van der Waals surface area (Å²) in [6.45, 7) is 2.47. The highest BCUT2D eigenvalue weighted by molar-refractivity contribution is 7.98. The summed E-state index contributed by atoms with van der Waals surface area (Å²) in [5.74, 6) is -2.85. The van der Waals surface area contributed by atoms with E-state index >= 15 is 0 Å². The lowest BCUT2D eigenvalue weighted by atomic mass is 10.0. The van der Waals surface area contributed by atoms with Crippen molar-refractivity contribution >= 4 is 64.9 Å². The molecule has 2 bridgehead atoms. The van der Waals surface area contributed by atoms with Gasteiger partial charge in [-0.15, -0.1) is 0 Å². The SMILES string of the molecule is CC(C)C[C@H]1CN(C(=O)CCc2ccccc2)CC(=O)N[C@@H](Cc2ccccc2)CN(C(=O)CC2CC2)CC(=O)N[C@@H](Cc2ccccc2)CN(CC(N)=O)C(=O)CCSCc2ccc(cc2)C(=O)N[C@@H](Cc2ccccc2)CN(C(=O)CCCN)CC(=O)N1. The summed E-state index contributed by atoms with van der Waals surface area (Å²) in [5.41, 5.74) is 16.5. The summed E-state index contributed by atoms with van der Waals surface area (Å²) in [6, 6.07) is 42.2. The van der Waals surface area contributed by atoms with Crippen LogP contribution in [0.4, 0.5) is 0 Å². The maximum Gasteiger partial charge on any atom is 0.251 e. The van der Waals surface area contributed by atoms with Gasteiger partial charge >= 0.3 is 0 Å². The number of aryl methyl sites for hydroxylation is 1. The van der Waals surface area contributed by atoms with Gasteiger partial charge in [0.05, 0.1) is 44.3 Å². The van der Waals surface area contributed by atoms with E-state index in [2.05, 4.69) is 21.3 Å². The highest BCUT2D eigenvalue weighted by atomic mass is 32.2. The molecule has 20 heteroatoms. The van der Waals surface area contributed by atoms with Crippen LogP contribution in [0.2, 0.25) is 0 Å². The van der Waals surface area contributed by atoms with Crippen LogP contribution >= 0.6 is 11.8 Å². The molecule has 480 valence electrons. The van der Waals surface area contributed by atoms with Gasteiger partial charge in [0, 0.05) is 75.0 Å². The molecule has 5 aromatic rings. The molecule has 0 saturated heterocycles. The number of fused-ring (bicyclic) bond motifs is 29. The zero-order chi connectivity index (χ0) is 64.2. The topological polar surface area (TPSA) is 267 Å². The van der Waals surface area contributed by atoms with Gasteiger partial charge in [-0.3, -0.25) is 43.2 Å². The smallest absolute Gasteiger partial charge is 0.251 e. The molecule has 90 heavy (non-hydrogen) atoms. The van der Waals surface area contributed by atoms with Crippen LogP contribution in [-0.2, 0) is 69.8 Å². The van der Waals surface area contributed by atoms with E-state index < -0.39 is 54.3 Å². The number of hydrogen-bond donors (Lipinski definition) is 6. The molecule has 0 aromatic heterocycles. The first kappa shape index (κ1) is 69.1. The van der Waals surface area contributed by atoms with Gasteiger partial charge in [0.1, 0.15) is 0 Å². The Labute approximate surface area is 534 Å². The number of nitrogens with one attached hydrogen (secondary N) is 4. The number of rotatable bonds is 18. The molecule has 0 spiro atoms. The van der Waals surface area contributed by atoms with Crippen molar-refractivity contribution in [2.24, 2.45) is 23.3 Å². The summed E-state index contributed by atoms with van der Waals surface area (Å²) in [7, 11) is 0. The minimum atomic E-state index is -0.753. The third kappa shape index (κ3) is 24.9. The fourth-order valence-electron chi connectivity index (χ4n) is 11.2. The Bertz CT molecular complexity index is 3120. The highest BCUT2D eigenvalue weighted by Crippen LogP contribution is 2.33. The summed E-state index contributed by atoms with van der Waals surface area (Å²) in [6.07, 6.45) is 4.14. The Morgan fingerprint density at radius 1 is 0.544 bits per heavy atom. The van der Waals surface area contributed by atoms with Crippen molar-refractivity contribution in [1.29, 1.82) is 0 Å². The number of carbonyl (C=O) groups excluding carboxylic acids is 9. The van der Waals surface area contributed by atoms with Gasteiger partial charge in [-0.2, -0.15) is 11.8 Å². The van der Waals surface area contributed by atoms with Gasteiger partial charge < -0.3 is 52.3 Å². The molecule has 3 aliphatic rings. The van der Waals surface area contributed by atoms with E-state index in [1.54, 1.807) is 12.1 Å². The van der Waals surface area contributed by atoms with Crippen LogP contribution in [0.3, 0.4) is 0 Å². The van der Waals surface area contributed by atoms with Crippen LogP contribution in [0.15, 0.2) is 146 Å². The molecule has 9 amide bonds. The normalized spacial score (nSPS) is 19.4. The van der Waals surface area contributed by atoms with E-state index in [4.69, 9.17) is 11.5 Å². The number of amides is 9. The van der Waals surface area contributed by atoms with E-state index in [-0.39, 0.29) is 132 Å². The number of hydrogen-bond acceptors (Lipinski definition) is 11. The van der Waals surface area contributed by atoms with Crippen LogP contribution < -0.4 is 32.7 Å². The van der Waals surface area contributed by atoms with Gasteiger partial charge in [-0.1, -0.05) is 147 Å². The number of nitrogens with two attached hydrogens (primary N) is 2. The van der Waals surface area contributed by atoms with Crippen molar-refractivity contribution in [1.82, 2.24) is 40.9 Å². The largest absolute Gasteiger partial charge is 0.368 e. The second kappa shape index (κ2) is 36.3. The van der Waals surface area contributed by atoms with Crippen molar-refractivity contribution in [3.8, 4) is 0 Å². The van der Waals surface area contributed by atoms with Gasteiger partial charge in [0.15, 0.2) is 0 Å². The van der Waals surface area contributed by atoms with Crippen molar-refractivity contribution in [2.45, 2.75) is 121 Å². The van der Waals surface area contributed by atoms with E-state index in [1.165, 1.54) is 31.4 Å². The standard InChI is InChI=1S/C70H90N10O9S/c1-50(2)36-58-41-79(67(86)32-29-51-16-7-3-8-17-51)47-64(83)75-60(38-53-20-11-5-12-21-53)43-80(69(88)40-55-25-26-55)48-65(84)74-59(37-52-18-9-4-10-19-52)42-77(45-62(72)81)68(87)33-35-90-49-56-27-30-57(31-28-56)70(89)76-61(39-54-22-13-6-14-23-54)44-78(46-63(82)73-58)66(85)24-15-34-71/h3-14,16-23,27-28,30-31,50,55,58-61H,15,24-26,29,32-49,71H2,1-2H3,(H2,72,81)(H,73,82)(H,74,84)(H,75,83)(H,76,89)/t58-,59-,60-,61-/m0/s1. The number of carbonyl (C=O) groups is 9. The Morgan fingerprint density at radius 2 is 0.989 bits per heavy atom. The zero-order valence-corrected chi connectivity index (χ0v) is 52.9. The maximum atomic E-state index is 14.8. The second-order valence-electron chi connectivity index (χ2n) is 24.3. The third-order valence-corrected chi connectivity index (χ3v) is 16.9. The van der Waals surface area contributed by atoms with Gasteiger partial charge in [-0.25, -0.2) is 0 Å². The lowest BCUT2D eigenvalue weighted by Crippen LogP contribution is -2.55. The number of nitrogens with zero attached hydrogens (tertiary/aromatic N) is 4. The summed E-state index contributed by atoms with van der Waals surface area (Å²) < 4.78 is 0. The Balaban J connectivity index is 1.24. The molecule has 1 saturated carbocycles. The monoisotopic (exact) mass is 1250 g/mol. The summed E-state index contributed by atoms with van der Waals surface area (Å²) in [4.78, 5) is 134. The molecule has 8 N–H and O–H groups in total. The average Bonchev–Trinajstić information content (AvgIpc) is 2.30. The van der Waals surface area contributed by atoms with E-state index in [9.17, 15) is 43.2 Å². The first-order valence-electron chi connectivity index (χ1n) is 31.6. The lowest BCUT2D eigenvalue weighted by Gasteiger charge is -2.32. The van der Waals surface area contributed by atoms with E-state index in [0.29, 0.717) is 42.8 Å². The lowest BCUT2D eigenvalue weighted by molar-refractivity contribution is -0.139. The van der Waals surface area contributed by atoms with E-state index in [0.717, 1.165) is 40.7 Å². The van der Waals surface area contributed by atoms with Gasteiger partial charge in [-0.05, 0) is 110 Å². The second-order valence-corrected chi connectivity index (χ2v) is 25.4. The summed E-state index contributed by atoms with van der Waals surface area (Å²) >= 11 is 1.50. The number of thioether (sulfide) groups is 1. The summed E-state index contributed by atoms with van der Waals surface area (Å²) in [5, 5.41) is 12.5. The molecular weight excluding hydrogens is 1160 g/mol. The fraction of sp³-hybridized carbons (Fsp3) is 0.443. The first-order chi connectivity index (χ1) is 43.4. The fourth-order valence-corrected chi connectivity index (χ4v) is 12.1. The first-order valence-corrected chi connectivity index (χ1v) is 32.7. The van der Waals surface area contributed by atoms with Gasteiger partial charge in [0.25, 0.3) is 5.91 Å². The average molecular weight is 1250 g/mol. The molecule has 0 unspecified atom stereocenters. The van der Waals surface area contributed by atoms with Crippen molar-refractivity contribution < 1.29 is 43.2 Å². The predicted octanol–water partition coefficient (Wildman–Crippen LogP) is 5.62. The Hall–Kier alpha value is -8.36. The van der Waals surface area contributed by atoms with Crippen LogP contribution in [-0.4, -0.2) is 162 Å². The van der Waals surface area contributed by atoms with Crippen molar-refractivity contribution in [3.05, 3.63) is 179 Å².